The van der Waals surface area contributed by atoms with Gasteiger partial charge in [-0.05, 0) is 55.4 Å². The van der Waals surface area contributed by atoms with E-state index in [1.807, 2.05) is 29.2 Å². The molecule has 1 saturated heterocycles. The average molecular weight is 420 g/mol. The number of rotatable bonds is 4. The van der Waals surface area contributed by atoms with Gasteiger partial charge in [0.2, 0.25) is 5.91 Å². The number of fused-ring (bicyclic) bond motifs is 1. The van der Waals surface area contributed by atoms with Crippen molar-refractivity contribution in [1.29, 1.82) is 0 Å². The Hall–Kier alpha value is -3.15. The summed E-state index contributed by atoms with van der Waals surface area (Å²) in [5, 5.41) is 0. The second kappa shape index (κ2) is 8.53. The fourth-order valence-electron chi connectivity index (χ4n) is 4.78. The normalized spacial score (nSPS) is 20.7. The van der Waals surface area contributed by atoms with Gasteiger partial charge in [-0.2, -0.15) is 0 Å². The Balaban J connectivity index is 1.35. The molecule has 2 aliphatic heterocycles. The minimum atomic E-state index is -0.278. The summed E-state index contributed by atoms with van der Waals surface area (Å²) in [6, 6.07) is 14.4. The predicted octanol–water partition coefficient (Wildman–Crippen LogP) is 5.23. The lowest BCUT2D eigenvalue weighted by Gasteiger charge is -2.36. The molecule has 3 heterocycles. The Morgan fingerprint density at radius 1 is 1.16 bits per heavy atom. The van der Waals surface area contributed by atoms with Gasteiger partial charge in [-0.25, -0.2) is 9.37 Å². The zero-order chi connectivity index (χ0) is 21.2. The number of aromatic amines is 1. The molecule has 0 bridgehead atoms. The van der Waals surface area contributed by atoms with Gasteiger partial charge >= 0.3 is 0 Å². The fourth-order valence-corrected chi connectivity index (χ4v) is 4.78. The molecular formula is C25H26FN3O2. The molecule has 1 aromatic heterocycles. The molecule has 0 spiro atoms. The molecule has 1 fully saturated rings. The SMILES string of the molecule is O=C(CC1CCOc2ccccc21)N1CCCCC1c1ncc(-c2cccc(F)c2)[nH]1. The first kappa shape index (κ1) is 19.8. The molecule has 5 nitrogen and oxygen atoms in total. The molecule has 2 aliphatic rings. The average Bonchev–Trinajstić information content (AvgIpc) is 3.30. The molecule has 1 N–H and O–H groups in total. The second-order valence-corrected chi connectivity index (χ2v) is 8.37. The Morgan fingerprint density at radius 3 is 2.97 bits per heavy atom. The van der Waals surface area contributed by atoms with Crippen molar-refractivity contribution in [3.63, 3.8) is 0 Å². The molecule has 1 amide bonds. The van der Waals surface area contributed by atoms with E-state index in [4.69, 9.17) is 4.74 Å². The number of amides is 1. The third-order valence-corrected chi connectivity index (χ3v) is 6.37. The van der Waals surface area contributed by atoms with Crippen molar-refractivity contribution >= 4 is 5.91 Å². The number of imidazole rings is 1. The van der Waals surface area contributed by atoms with Crippen LogP contribution >= 0.6 is 0 Å². The van der Waals surface area contributed by atoms with Crippen LogP contribution < -0.4 is 4.74 Å². The van der Waals surface area contributed by atoms with Crippen LogP contribution in [0.2, 0.25) is 0 Å². The number of para-hydroxylation sites is 1. The number of likely N-dealkylation sites (tertiary alicyclic amines) is 1. The van der Waals surface area contributed by atoms with E-state index in [1.54, 1.807) is 12.3 Å². The van der Waals surface area contributed by atoms with Gasteiger partial charge in [-0.15, -0.1) is 0 Å². The molecule has 2 atom stereocenters. The van der Waals surface area contributed by atoms with E-state index in [0.717, 1.165) is 60.6 Å². The summed E-state index contributed by atoms with van der Waals surface area (Å²) in [4.78, 5) is 23.3. The van der Waals surface area contributed by atoms with Crippen LogP contribution in [0.3, 0.4) is 0 Å². The highest BCUT2D eigenvalue weighted by atomic mass is 19.1. The van der Waals surface area contributed by atoms with Crippen molar-refractivity contribution in [2.24, 2.45) is 0 Å². The third-order valence-electron chi connectivity index (χ3n) is 6.37. The first-order valence-corrected chi connectivity index (χ1v) is 11.0. The van der Waals surface area contributed by atoms with Gasteiger partial charge in [0.1, 0.15) is 17.4 Å². The van der Waals surface area contributed by atoms with Crippen molar-refractivity contribution in [3.8, 4) is 17.0 Å². The maximum absolute atomic E-state index is 13.6. The summed E-state index contributed by atoms with van der Waals surface area (Å²) in [7, 11) is 0. The molecule has 160 valence electrons. The minimum Gasteiger partial charge on any atom is -0.493 e. The summed E-state index contributed by atoms with van der Waals surface area (Å²) in [6.45, 7) is 1.39. The lowest BCUT2D eigenvalue weighted by molar-refractivity contribution is -0.135. The van der Waals surface area contributed by atoms with Crippen LogP contribution in [0.1, 0.15) is 55.5 Å². The molecular weight excluding hydrogens is 393 g/mol. The van der Waals surface area contributed by atoms with Crippen LogP contribution in [0, 0.1) is 5.82 Å². The molecule has 0 saturated carbocycles. The number of benzene rings is 2. The standard InChI is InChI=1S/C25H26FN3O2/c26-19-7-5-6-18(14-19)21-16-27-25(28-21)22-9-3-4-12-29(22)24(30)15-17-11-13-31-23-10-2-1-8-20(17)23/h1-2,5-8,10,14,16-17,22H,3-4,9,11-13,15H2,(H,27,28). The molecule has 3 aromatic rings. The van der Waals surface area contributed by atoms with E-state index < -0.39 is 0 Å². The molecule has 5 rings (SSSR count). The topological polar surface area (TPSA) is 58.2 Å². The number of piperidine rings is 1. The highest BCUT2D eigenvalue weighted by Gasteiger charge is 2.32. The smallest absolute Gasteiger partial charge is 0.223 e. The molecule has 31 heavy (non-hydrogen) atoms. The van der Waals surface area contributed by atoms with E-state index in [0.29, 0.717) is 13.0 Å². The number of H-pyrrole nitrogens is 1. The number of nitrogens with one attached hydrogen (secondary N) is 1. The van der Waals surface area contributed by atoms with E-state index in [-0.39, 0.29) is 23.7 Å². The summed E-state index contributed by atoms with van der Waals surface area (Å²) in [5.41, 5.74) is 2.65. The lowest BCUT2D eigenvalue weighted by atomic mass is 9.89. The van der Waals surface area contributed by atoms with Gasteiger partial charge < -0.3 is 14.6 Å². The van der Waals surface area contributed by atoms with Gasteiger partial charge in [-0.3, -0.25) is 4.79 Å². The predicted molar refractivity (Wildman–Crippen MR) is 116 cm³/mol. The zero-order valence-corrected chi connectivity index (χ0v) is 17.4. The number of halogens is 1. The molecule has 6 heteroatoms. The lowest BCUT2D eigenvalue weighted by Crippen LogP contribution is -2.39. The Kier molecular flexibility index (Phi) is 5.45. The Labute approximate surface area is 181 Å². The van der Waals surface area contributed by atoms with E-state index >= 15 is 0 Å². The van der Waals surface area contributed by atoms with E-state index in [2.05, 4.69) is 16.0 Å². The van der Waals surface area contributed by atoms with Crippen LogP contribution in [0.4, 0.5) is 4.39 Å². The highest BCUT2D eigenvalue weighted by molar-refractivity contribution is 5.78. The summed E-state index contributed by atoms with van der Waals surface area (Å²) in [6.07, 6.45) is 6.01. The van der Waals surface area contributed by atoms with Gasteiger partial charge in [0.05, 0.1) is 24.5 Å². The maximum atomic E-state index is 13.6. The number of aromatic nitrogens is 2. The number of nitrogens with zero attached hydrogens (tertiary/aromatic N) is 2. The van der Waals surface area contributed by atoms with Crippen molar-refractivity contribution in [1.82, 2.24) is 14.9 Å². The largest absolute Gasteiger partial charge is 0.493 e. The number of carbonyl (C=O) groups excluding carboxylic acids is 1. The van der Waals surface area contributed by atoms with Gasteiger partial charge in [-0.1, -0.05) is 30.3 Å². The number of ether oxygens (including phenoxy) is 1. The monoisotopic (exact) mass is 419 g/mol. The highest BCUT2D eigenvalue weighted by Crippen LogP contribution is 2.38. The molecule has 2 unspecified atom stereocenters. The van der Waals surface area contributed by atoms with Crippen LogP contribution in [-0.2, 0) is 4.79 Å². The molecule has 0 aliphatic carbocycles. The Morgan fingerprint density at radius 2 is 2.06 bits per heavy atom. The summed E-state index contributed by atoms with van der Waals surface area (Å²) < 4.78 is 19.4. The minimum absolute atomic E-state index is 0.0707. The van der Waals surface area contributed by atoms with Crippen LogP contribution in [-0.4, -0.2) is 33.9 Å². The van der Waals surface area contributed by atoms with Crippen LogP contribution in [0.5, 0.6) is 5.75 Å². The van der Waals surface area contributed by atoms with Gasteiger partial charge in [0.15, 0.2) is 0 Å². The van der Waals surface area contributed by atoms with Crippen molar-refractivity contribution < 1.29 is 13.9 Å². The second-order valence-electron chi connectivity index (χ2n) is 8.37. The summed E-state index contributed by atoms with van der Waals surface area (Å²) in [5.74, 6) is 1.74. The first-order valence-electron chi connectivity index (χ1n) is 11.0. The van der Waals surface area contributed by atoms with E-state index in [9.17, 15) is 9.18 Å². The first-order chi connectivity index (χ1) is 15.2. The fraction of sp³-hybridized carbons (Fsp3) is 0.360. The van der Waals surface area contributed by atoms with Gasteiger partial charge in [0, 0.05) is 18.5 Å². The number of hydrogen-bond donors (Lipinski definition) is 1. The van der Waals surface area contributed by atoms with Gasteiger partial charge in [0.25, 0.3) is 0 Å². The molecule has 2 aromatic carbocycles. The van der Waals surface area contributed by atoms with Crippen molar-refractivity contribution in [2.75, 3.05) is 13.2 Å². The number of hydrogen-bond acceptors (Lipinski definition) is 3. The van der Waals surface area contributed by atoms with Crippen molar-refractivity contribution in [2.45, 2.75) is 44.1 Å². The Bertz CT molecular complexity index is 1080. The molecule has 0 radical (unpaired) electrons. The number of carbonyl (C=O) groups is 1. The third kappa shape index (κ3) is 4.07. The summed E-state index contributed by atoms with van der Waals surface area (Å²) >= 11 is 0. The quantitative estimate of drug-likeness (QED) is 0.630. The zero-order valence-electron chi connectivity index (χ0n) is 17.4. The van der Waals surface area contributed by atoms with Crippen molar-refractivity contribution in [3.05, 3.63) is 71.9 Å². The van der Waals surface area contributed by atoms with Crippen LogP contribution in [0.25, 0.3) is 11.3 Å². The van der Waals surface area contributed by atoms with E-state index in [1.165, 1.54) is 12.1 Å². The van der Waals surface area contributed by atoms with Crippen LogP contribution in [0.15, 0.2) is 54.7 Å². The maximum Gasteiger partial charge on any atom is 0.223 e.